The van der Waals surface area contributed by atoms with Crippen LogP contribution in [0.1, 0.15) is 54.1 Å². The van der Waals surface area contributed by atoms with Crippen LogP contribution in [0.15, 0.2) is 17.5 Å². The molecular formula is C23H28F2N7O2+. The molecule has 34 heavy (non-hydrogen) atoms. The number of nitrogen functional groups attached to an aromatic ring is 1. The fourth-order valence-electron chi connectivity index (χ4n) is 4.91. The van der Waals surface area contributed by atoms with Crippen molar-refractivity contribution in [2.45, 2.75) is 51.3 Å². The van der Waals surface area contributed by atoms with Crippen LogP contribution >= 0.6 is 0 Å². The van der Waals surface area contributed by atoms with Gasteiger partial charge in [-0.3, -0.25) is 4.90 Å². The average molecular weight is 473 g/mol. The van der Waals surface area contributed by atoms with Gasteiger partial charge in [-0.15, -0.1) is 9.81 Å². The Morgan fingerprint density at radius 1 is 1.32 bits per heavy atom. The molecule has 1 aromatic heterocycles. The van der Waals surface area contributed by atoms with E-state index in [1.165, 1.54) is 11.0 Å². The first kappa shape index (κ1) is 23.9. The Balaban J connectivity index is 1.79. The monoisotopic (exact) mass is 472 g/mol. The van der Waals surface area contributed by atoms with Crippen molar-refractivity contribution in [3.63, 3.8) is 0 Å². The predicted molar refractivity (Wildman–Crippen MR) is 121 cm³/mol. The molecule has 2 aromatic rings. The van der Waals surface area contributed by atoms with Crippen LogP contribution in [0.5, 0.6) is 5.75 Å². The van der Waals surface area contributed by atoms with E-state index in [1.807, 2.05) is 13.8 Å². The second-order valence-corrected chi connectivity index (χ2v) is 8.84. The van der Waals surface area contributed by atoms with Crippen molar-refractivity contribution in [3.8, 4) is 5.75 Å². The Morgan fingerprint density at radius 2 is 2.03 bits per heavy atom. The van der Waals surface area contributed by atoms with Gasteiger partial charge in [-0.1, -0.05) is 0 Å². The quantitative estimate of drug-likeness (QED) is 0.468. The number of aromatic nitrogens is 2. The number of rotatable bonds is 7. The summed E-state index contributed by atoms with van der Waals surface area (Å²) in [6.45, 7) is 15.2. The molecule has 0 amide bonds. The molecule has 1 fully saturated rings. The van der Waals surface area contributed by atoms with E-state index in [-0.39, 0.29) is 23.1 Å². The fourth-order valence-corrected chi connectivity index (χ4v) is 4.91. The number of benzene rings is 1. The van der Waals surface area contributed by atoms with E-state index < -0.39 is 24.6 Å². The molecule has 2 unspecified atom stereocenters. The van der Waals surface area contributed by atoms with Crippen LogP contribution in [-0.2, 0) is 0 Å². The van der Waals surface area contributed by atoms with Gasteiger partial charge in [0, 0.05) is 31.1 Å². The lowest BCUT2D eigenvalue weighted by Crippen LogP contribution is -2.48. The van der Waals surface area contributed by atoms with Gasteiger partial charge in [-0.2, -0.15) is 4.98 Å². The molecule has 4 rings (SSSR count). The number of aliphatic hydroxyl groups is 1. The van der Waals surface area contributed by atoms with E-state index in [1.54, 1.807) is 20.1 Å². The third-order valence-corrected chi connectivity index (χ3v) is 6.51. The summed E-state index contributed by atoms with van der Waals surface area (Å²) >= 11 is 0. The summed E-state index contributed by atoms with van der Waals surface area (Å²) in [5.41, 5.74) is 8.89. The average Bonchev–Trinajstić information content (AvgIpc) is 3.16. The number of likely N-dealkylation sites (tertiary alicyclic amines) is 1. The standard InChI is InChI=1S/C23H28F2N7O2/c1-11(33)7-31-8-14(9-31)17-12(2)16(27-4)6-15(20(17)34-5)13(3)32-23-18(19(30-32)21(24)25)22(26)28-10-29-23/h6,10-11,13-14,19,21,33H,7-9H2,1-3,5H3,(H2,26,28,29)/q+1/t11-,13?,19?/m0/s1. The van der Waals surface area contributed by atoms with Gasteiger partial charge >= 0.3 is 5.82 Å². The summed E-state index contributed by atoms with van der Waals surface area (Å²) in [6.07, 6.45) is -1.97. The molecule has 9 nitrogen and oxygen atoms in total. The Kier molecular flexibility index (Phi) is 6.47. The summed E-state index contributed by atoms with van der Waals surface area (Å²) < 4.78 is 34.9. The second-order valence-electron chi connectivity index (χ2n) is 8.84. The van der Waals surface area contributed by atoms with Crippen LogP contribution < -0.4 is 10.5 Å². The van der Waals surface area contributed by atoms with Gasteiger partial charge in [0.15, 0.2) is 11.7 Å². The minimum atomic E-state index is -2.77. The number of aliphatic hydroxyl groups excluding tert-OH is 1. The van der Waals surface area contributed by atoms with Gasteiger partial charge in [0.1, 0.15) is 23.2 Å². The lowest BCUT2D eigenvalue weighted by atomic mass is 9.84. The highest BCUT2D eigenvalue weighted by atomic mass is 19.3. The highest BCUT2D eigenvalue weighted by Crippen LogP contribution is 2.48. The Labute approximate surface area is 196 Å². The van der Waals surface area contributed by atoms with E-state index in [0.29, 0.717) is 23.5 Å². The van der Waals surface area contributed by atoms with Crippen molar-refractivity contribution in [3.05, 3.63) is 46.1 Å². The zero-order chi connectivity index (χ0) is 24.7. The highest BCUT2D eigenvalue weighted by molar-refractivity contribution is 5.65. The molecule has 0 radical (unpaired) electrons. The summed E-state index contributed by atoms with van der Waals surface area (Å²) in [5.74, 6) is 0.930. The first-order chi connectivity index (χ1) is 16.2. The van der Waals surface area contributed by atoms with Crippen LogP contribution in [0.25, 0.3) is 4.85 Å². The van der Waals surface area contributed by atoms with Crippen molar-refractivity contribution in [1.29, 1.82) is 0 Å². The second kappa shape index (κ2) is 9.19. The van der Waals surface area contributed by atoms with Gasteiger partial charge in [-0.25, -0.2) is 13.6 Å². The maximum absolute atomic E-state index is 13.8. The molecule has 180 valence electrons. The number of alkyl halides is 2. The molecule has 3 N–H and O–H groups in total. The number of β-amino-alcohol motifs (C(OH)–C–C–N with tert-alkyl or cyclic N) is 1. The fraction of sp³-hybridized carbons (Fsp3) is 0.522. The Hall–Kier alpha value is -3.23. The maximum atomic E-state index is 13.8. The van der Waals surface area contributed by atoms with Gasteiger partial charge in [0.2, 0.25) is 6.33 Å². The molecule has 2 aliphatic rings. The number of methoxy groups -OCH3 is 1. The normalized spacial score (nSPS) is 19.9. The van der Waals surface area contributed by atoms with Crippen molar-refractivity contribution in [2.75, 3.05) is 32.5 Å². The van der Waals surface area contributed by atoms with E-state index in [0.717, 1.165) is 24.2 Å². The number of hydrogen-bond acceptors (Lipinski definition) is 7. The molecular weight excluding hydrogens is 444 g/mol. The zero-order valence-corrected chi connectivity index (χ0v) is 19.5. The summed E-state index contributed by atoms with van der Waals surface area (Å²) in [4.78, 5) is 13.9. The van der Waals surface area contributed by atoms with Gasteiger partial charge < -0.3 is 15.6 Å². The van der Waals surface area contributed by atoms with Crippen LogP contribution in [0.2, 0.25) is 0 Å². The Morgan fingerprint density at radius 3 is 2.62 bits per heavy atom. The number of anilines is 1. The van der Waals surface area contributed by atoms with Crippen molar-refractivity contribution < 1.29 is 23.3 Å². The first-order valence-corrected chi connectivity index (χ1v) is 11.1. The molecule has 11 heteroatoms. The molecule has 0 aliphatic carbocycles. The van der Waals surface area contributed by atoms with Gasteiger partial charge in [0.25, 0.3) is 6.43 Å². The number of nitrogens with zero attached hydrogens (tertiary/aromatic N) is 6. The summed E-state index contributed by atoms with van der Waals surface area (Å²) in [7, 11) is 1.56. The van der Waals surface area contributed by atoms with Crippen molar-refractivity contribution >= 4 is 17.3 Å². The van der Waals surface area contributed by atoms with Crippen LogP contribution in [0.3, 0.4) is 0 Å². The number of nitrogens with two attached hydrogens (primary N) is 1. The molecule has 0 spiro atoms. The van der Waals surface area contributed by atoms with E-state index in [2.05, 4.69) is 24.8 Å². The molecule has 0 saturated carbocycles. The third kappa shape index (κ3) is 3.97. The molecule has 0 bridgehead atoms. The van der Waals surface area contributed by atoms with E-state index in [4.69, 9.17) is 17.0 Å². The number of halogens is 2. The SMILES string of the molecule is [C-]#[N+]c1cc(C(C)[N+]2=NC(C(F)F)c3c(N)ncnc32)c(OC)c(C2CN(C[C@H](C)O)C2)c1C. The van der Waals surface area contributed by atoms with Crippen LogP contribution in [-0.4, -0.2) is 63.9 Å². The molecule has 1 saturated heterocycles. The first-order valence-electron chi connectivity index (χ1n) is 11.1. The smallest absolute Gasteiger partial charge is 0.354 e. The molecule has 2 aliphatic heterocycles. The van der Waals surface area contributed by atoms with E-state index >= 15 is 0 Å². The number of fused-ring (bicyclic) bond motifs is 1. The third-order valence-electron chi connectivity index (χ3n) is 6.51. The van der Waals surface area contributed by atoms with Crippen LogP contribution in [0, 0.1) is 13.5 Å². The van der Waals surface area contributed by atoms with Gasteiger partial charge in [0.05, 0.1) is 19.8 Å². The molecule has 3 heterocycles. The predicted octanol–water partition coefficient (Wildman–Crippen LogP) is 3.88. The zero-order valence-electron chi connectivity index (χ0n) is 19.5. The number of hydrogen-bond donors (Lipinski definition) is 2. The number of ether oxygens (including phenoxy) is 1. The summed E-state index contributed by atoms with van der Waals surface area (Å²) in [6, 6.07) is -0.285. The Bertz CT molecular complexity index is 1170. The van der Waals surface area contributed by atoms with Gasteiger partial charge in [-0.05, 0) is 42.9 Å². The largest absolute Gasteiger partial charge is 0.496 e. The highest BCUT2D eigenvalue weighted by Gasteiger charge is 2.44. The van der Waals surface area contributed by atoms with Crippen molar-refractivity contribution in [2.24, 2.45) is 5.11 Å². The molecule has 3 atom stereocenters. The topological polar surface area (TPSA) is 104 Å². The number of azo groups is 2. The summed E-state index contributed by atoms with van der Waals surface area (Å²) in [5, 5.41) is 13.9. The lowest BCUT2D eigenvalue weighted by molar-refractivity contribution is -0.555. The maximum Gasteiger partial charge on any atom is 0.354 e. The van der Waals surface area contributed by atoms with E-state index in [9.17, 15) is 13.9 Å². The minimum Gasteiger partial charge on any atom is -0.496 e. The molecule has 1 aromatic carbocycles. The minimum absolute atomic E-state index is 0.0279. The van der Waals surface area contributed by atoms with Crippen molar-refractivity contribution in [1.82, 2.24) is 14.9 Å². The lowest BCUT2D eigenvalue weighted by Gasteiger charge is -2.41. The van der Waals surface area contributed by atoms with Crippen LogP contribution in [0.4, 0.5) is 26.1 Å².